The van der Waals surface area contributed by atoms with Gasteiger partial charge in [0.25, 0.3) is 0 Å². The van der Waals surface area contributed by atoms with Crippen LogP contribution >= 0.6 is 24.0 Å². The van der Waals surface area contributed by atoms with Crippen molar-refractivity contribution < 1.29 is 22.6 Å². The molecule has 2 aliphatic rings. The fourth-order valence-corrected chi connectivity index (χ4v) is 4.10. The molecule has 6 nitrogen and oxygen atoms in total. The summed E-state index contributed by atoms with van der Waals surface area (Å²) >= 11 is 0. The lowest BCUT2D eigenvalue weighted by atomic mass is 10.1. The molecule has 1 aliphatic heterocycles. The van der Waals surface area contributed by atoms with E-state index in [2.05, 4.69) is 25.3 Å². The fraction of sp³-hybridized carbons (Fsp3) is 0.682. The molecule has 32 heavy (non-hydrogen) atoms. The molecule has 2 atom stereocenters. The van der Waals surface area contributed by atoms with Gasteiger partial charge in [-0.1, -0.05) is 18.2 Å². The minimum Gasteiger partial charge on any atom is -0.405 e. The Morgan fingerprint density at radius 3 is 2.56 bits per heavy atom. The number of piperidine rings is 1. The van der Waals surface area contributed by atoms with Crippen LogP contribution in [0.2, 0.25) is 0 Å². The Morgan fingerprint density at radius 2 is 1.91 bits per heavy atom. The fourth-order valence-electron chi connectivity index (χ4n) is 4.10. The van der Waals surface area contributed by atoms with Crippen molar-refractivity contribution in [3.05, 3.63) is 29.8 Å². The van der Waals surface area contributed by atoms with Gasteiger partial charge in [0.15, 0.2) is 5.96 Å². The molecule has 0 radical (unpaired) electrons. The number of rotatable bonds is 9. The van der Waals surface area contributed by atoms with Crippen molar-refractivity contribution in [3.8, 4) is 5.75 Å². The van der Waals surface area contributed by atoms with Crippen molar-refractivity contribution in [3.63, 3.8) is 0 Å². The molecular weight excluding hydrogens is 536 g/mol. The first-order valence-corrected chi connectivity index (χ1v) is 11.0. The minimum absolute atomic E-state index is 0. The number of aliphatic imine (C=N–C) groups is 1. The van der Waals surface area contributed by atoms with Gasteiger partial charge in [0, 0.05) is 57.9 Å². The van der Waals surface area contributed by atoms with Crippen molar-refractivity contribution in [1.29, 1.82) is 0 Å². The van der Waals surface area contributed by atoms with E-state index in [0.717, 1.165) is 57.9 Å². The molecule has 3 rings (SSSR count). The molecule has 1 aromatic carbocycles. The summed E-state index contributed by atoms with van der Waals surface area (Å²) < 4.78 is 47.5. The van der Waals surface area contributed by atoms with E-state index >= 15 is 0 Å². The Balaban J connectivity index is 0.00000363. The van der Waals surface area contributed by atoms with Crippen LogP contribution in [0.1, 0.15) is 44.1 Å². The number of nitrogens with one attached hydrogen (secondary N) is 2. The Bertz CT molecular complexity index is 727. The molecule has 0 aromatic heterocycles. The number of hydrogen-bond donors (Lipinski definition) is 2. The molecule has 1 heterocycles. The van der Waals surface area contributed by atoms with Crippen molar-refractivity contribution in [2.75, 3.05) is 39.9 Å². The molecule has 0 spiro atoms. The lowest BCUT2D eigenvalue weighted by Crippen LogP contribution is -2.49. The van der Waals surface area contributed by atoms with Crippen molar-refractivity contribution in [2.45, 2.75) is 57.0 Å². The number of likely N-dealkylation sites (tertiary alicyclic amines) is 1. The van der Waals surface area contributed by atoms with E-state index in [1.54, 1.807) is 25.3 Å². The zero-order valence-electron chi connectivity index (χ0n) is 18.7. The van der Waals surface area contributed by atoms with Crippen LogP contribution in [0.4, 0.5) is 13.2 Å². The van der Waals surface area contributed by atoms with Crippen LogP contribution < -0.4 is 15.4 Å². The molecule has 2 fully saturated rings. The third-order valence-electron chi connectivity index (χ3n) is 5.72. The Kier molecular flexibility index (Phi) is 10.8. The van der Waals surface area contributed by atoms with Gasteiger partial charge in [-0.2, -0.15) is 0 Å². The van der Waals surface area contributed by atoms with E-state index in [9.17, 15) is 13.2 Å². The van der Waals surface area contributed by atoms with Gasteiger partial charge in [-0.3, -0.25) is 4.99 Å². The van der Waals surface area contributed by atoms with Crippen LogP contribution in [0.5, 0.6) is 5.75 Å². The zero-order chi connectivity index (χ0) is 22.3. The average Bonchev–Trinajstić information content (AvgIpc) is 3.48. The molecule has 1 aromatic rings. The summed E-state index contributed by atoms with van der Waals surface area (Å²) in [4.78, 5) is 7.00. The van der Waals surface area contributed by atoms with E-state index in [-0.39, 0.29) is 41.7 Å². The molecule has 10 heteroatoms. The summed E-state index contributed by atoms with van der Waals surface area (Å²) in [6, 6.07) is 6.77. The van der Waals surface area contributed by atoms with Crippen LogP contribution in [0.25, 0.3) is 0 Å². The number of benzene rings is 1. The van der Waals surface area contributed by atoms with E-state index < -0.39 is 6.36 Å². The highest BCUT2D eigenvalue weighted by Gasteiger charge is 2.42. The minimum atomic E-state index is -4.69. The molecule has 2 unspecified atom stereocenters. The Labute approximate surface area is 205 Å². The van der Waals surface area contributed by atoms with Crippen molar-refractivity contribution in [2.24, 2.45) is 4.99 Å². The average molecular weight is 570 g/mol. The van der Waals surface area contributed by atoms with Gasteiger partial charge in [0.2, 0.25) is 0 Å². The highest BCUT2D eigenvalue weighted by molar-refractivity contribution is 14.0. The van der Waals surface area contributed by atoms with Crippen LogP contribution in [-0.4, -0.2) is 69.2 Å². The monoisotopic (exact) mass is 570 g/mol. The van der Waals surface area contributed by atoms with Crippen molar-refractivity contribution >= 4 is 29.9 Å². The number of methoxy groups -OCH3 is 1. The molecule has 0 bridgehead atoms. The lowest BCUT2D eigenvalue weighted by molar-refractivity contribution is -0.274. The van der Waals surface area contributed by atoms with Gasteiger partial charge >= 0.3 is 6.36 Å². The number of halogens is 4. The van der Waals surface area contributed by atoms with Crippen molar-refractivity contribution in [1.82, 2.24) is 15.5 Å². The van der Waals surface area contributed by atoms with E-state index in [1.807, 2.05) is 6.92 Å². The number of ether oxygens (including phenoxy) is 2. The number of para-hydroxylation sites is 1. The molecular formula is C22H34F3IN4O2. The topological polar surface area (TPSA) is 58.1 Å². The number of nitrogens with zero attached hydrogens (tertiary/aromatic N) is 2. The van der Waals surface area contributed by atoms with Crippen LogP contribution in [0.3, 0.4) is 0 Å². The van der Waals surface area contributed by atoms with Gasteiger partial charge < -0.3 is 25.0 Å². The quantitative estimate of drug-likeness (QED) is 0.203. The van der Waals surface area contributed by atoms with Crippen LogP contribution in [0.15, 0.2) is 29.3 Å². The SMILES string of the molecule is CCN=C(NC1CCN(CCCOC)CC1)NC1CC1c1ccccc1OC(F)(F)F.I. The van der Waals surface area contributed by atoms with E-state index in [1.165, 1.54) is 6.07 Å². The van der Waals surface area contributed by atoms with E-state index in [4.69, 9.17) is 4.74 Å². The standard InChI is InChI=1S/C22H33F3N4O2.HI/c1-3-26-21(27-16-9-12-29(13-10-16)11-6-14-30-2)28-19-15-18(19)17-7-4-5-8-20(17)31-22(23,24)25;/h4-5,7-8,16,18-19H,3,6,9-15H2,1-2H3,(H2,26,27,28);1H. The normalized spacial score (nSPS) is 22.2. The zero-order valence-corrected chi connectivity index (χ0v) is 21.0. The second-order valence-corrected chi connectivity index (χ2v) is 8.11. The van der Waals surface area contributed by atoms with Gasteiger partial charge in [-0.15, -0.1) is 37.1 Å². The van der Waals surface area contributed by atoms with Gasteiger partial charge in [0.1, 0.15) is 5.75 Å². The number of guanidine groups is 1. The summed E-state index contributed by atoms with van der Waals surface area (Å²) in [6.45, 7) is 6.52. The summed E-state index contributed by atoms with van der Waals surface area (Å²) in [5.74, 6) is 0.596. The highest BCUT2D eigenvalue weighted by atomic mass is 127. The maximum Gasteiger partial charge on any atom is 0.573 e. The van der Waals surface area contributed by atoms with Gasteiger partial charge in [-0.25, -0.2) is 0 Å². The largest absolute Gasteiger partial charge is 0.573 e. The van der Waals surface area contributed by atoms with E-state index in [0.29, 0.717) is 18.2 Å². The highest BCUT2D eigenvalue weighted by Crippen LogP contribution is 2.45. The van der Waals surface area contributed by atoms with Gasteiger partial charge in [-0.05, 0) is 44.2 Å². The molecule has 1 aliphatic carbocycles. The van der Waals surface area contributed by atoms with Crippen LogP contribution in [-0.2, 0) is 4.74 Å². The number of hydrogen-bond acceptors (Lipinski definition) is 4. The lowest BCUT2D eigenvalue weighted by Gasteiger charge is -2.33. The Hall–Kier alpha value is -1.27. The number of alkyl halides is 3. The molecule has 2 N–H and O–H groups in total. The molecule has 1 saturated carbocycles. The Morgan fingerprint density at radius 1 is 1.19 bits per heavy atom. The maximum absolute atomic E-state index is 12.7. The van der Waals surface area contributed by atoms with Gasteiger partial charge in [0.05, 0.1) is 0 Å². The summed E-state index contributed by atoms with van der Waals surface area (Å²) in [5.41, 5.74) is 0.581. The molecule has 1 saturated heterocycles. The predicted octanol–water partition coefficient (Wildman–Crippen LogP) is 4.12. The first-order valence-electron chi connectivity index (χ1n) is 11.0. The van der Waals surface area contributed by atoms with Crippen LogP contribution in [0, 0.1) is 0 Å². The summed E-state index contributed by atoms with van der Waals surface area (Å²) in [6.07, 6.45) is -0.827. The summed E-state index contributed by atoms with van der Waals surface area (Å²) in [7, 11) is 1.73. The second-order valence-electron chi connectivity index (χ2n) is 8.11. The maximum atomic E-state index is 12.7. The third kappa shape index (κ3) is 8.58. The third-order valence-corrected chi connectivity index (χ3v) is 5.72. The molecule has 182 valence electrons. The predicted molar refractivity (Wildman–Crippen MR) is 130 cm³/mol. The molecule has 0 amide bonds. The first kappa shape index (κ1) is 27.0. The summed E-state index contributed by atoms with van der Waals surface area (Å²) in [5, 5.41) is 6.92. The second kappa shape index (κ2) is 12.8. The smallest absolute Gasteiger partial charge is 0.405 e. The first-order chi connectivity index (χ1) is 14.9.